The van der Waals surface area contributed by atoms with E-state index in [-0.39, 0.29) is 0 Å². The maximum Gasteiger partial charge on any atom is 0.00443 e. The van der Waals surface area contributed by atoms with Crippen molar-refractivity contribution in [3.05, 3.63) is 0 Å². The molecule has 2 N–H and O–H groups in total. The molecule has 0 heterocycles. The van der Waals surface area contributed by atoms with Crippen molar-refractivity contribution in [3.63, 3.8) is 0 Å². The van der Waals surface area contributed by atoms with Crippen molar-refractivity contribution in [2.24, 2.45) is 23.0 Å². The SMILES string of the molecule is CC(C)C(C)C1(C)CCC(N)C1. The van der Waals surface area contributed by atoms with Crippen LogP contribution in [0.2, 0.25) is 0 Å². The van der Waals surface area contributed by atoms with Gasteiger partial charge in [-0.25, -0.2) is 0 Å². The van der Waals surface area contributed by atoms with Gasteiger partial charge >= 0.3 is 0 Å². The summed E-state index contributed by atoms with van der Waals surface area (Å²) >= 11 is 0. The summed E-state index contributed by atoms with van der Waals surface area (Å²) in [4.78, 5) is 0. The van der Waals surface area contributed by atoms with Crippen LogP contribution in [0.3, 0.4) is 0 Å². The molecule has 0 aromatic carbocycles. The fraction of sp³-hybridized carbons (Fsp3) is 1.00. The molecule has 1 aliphatic rings. The van der Waals surface area contributed by atoms with Crippen LogP contribution in [-0.2, 0) is 0 Å². The number of rotatable bonds is 2. The molecule has 0 aliphatic heterocycles. The van der Waals surface area contributed by atoms with Gasteiger partial charge in [0, 0.05) is 6.04 Å². The zero-order valence-corrected chi connectivity index (χ0v) is 8.93. The highest BCUT2D eigenvalue weighted by Gasteiger charge is 2.38. The van der Waals surface area contributed by atoms with Gasteiger partial charge < -0.3 is 5.73 Å². The molecule has 0 spiro atoms. The summed E-state index contributed by atoms with van der Waals surface area (Å²) in [5.74, 6) is 1.60. The minimum absolute atomic E-state index is 0.469. The van der Waals surface area contributed by atoms with Crippen LogP contribution in [-0.4, -0.2) is 6.04 Å². The highest BCUT2D eigenvalue weighted by atomic mass is 14.7. The first-order valence-corrected chi connectivity index (χ1v) is 5.21. The van der Waals surface area contributed by atoms with Crippen molar-refractivity contribution >= 4 is 0 Å². The first-order valence-electron chi connectivity index (χ1n) is 5.21. The Bertz CT molecular complexity index is 153. The van der Waals surface area contributed by atoms with E-state index in [1.807, 2.05) is 0 Å². The van der Waals surface area contributed by atoms with Gasteiger partial charge in [0.25, 0.3) is 0 Å². The molecule has 1 rings (SSSR count). The average Bonchev–Trinajstić information content (AvgIpc) is 2.31. The molecule has 0 radical (unpaired) electrons. The quantitative estimate of drug-likeness (QED) is 0.676. The molecule has 0 aromatic rings. The highest BCUT2D eigenvalue weighted by molar-refractivity contribution is 4.91. The summed E-state index contributed by atoms with van der Waals surface area (Å²) in [5.41, 5.74) is 6.47. The van der Waals surface area contributed by atoms with Gasteiger partial charge in [0.05, 0.1) is 0 Å². The standard InChI is InChI=1S/C11H23N/c1-8(2)9(3)11(4)6-5-10(12)7-11/h8-10H,5-7,12H2,1-4H3. The molecule has 1 heteroatoms. The van der Waals surface area contributed by atoms with Gasteiger partial charge in [0.1, 0.15) is 0 Å². The first kappa shape index (κ1) is 10.0. The summed E-state index contributed by atoms with van der Waals surface area (Å²) in [7, 11) is 0. The van der Waals surface area contributed by atoms with E-state index in [1.54, 1.807) is 0 Å². The summed E-state index contributed by atoms with van der Waals surface area (Å²) in [6.45, 7) is 9.42. The number of nitrogens with two attached hydrogens (primary N) is 1. The molecule has 72 valence electrons. The van der Waals surface area contributed by atoms with Gasteiger partial charge in [-0.1, -0.05) is 27.7 Å². The van der Waals surface area contributed by atoms with Crippen molar-refractivity contribution in [3.8, 4) is 0 Å². The average molecular weight is 169 g/mol. The topological polar surface area (TPSA) is 26.0 Å². The Kier molecular flexibility index (Phi) is 2.82. The molecule has 1 nitrogen and oxygen atoms in total. The van der Waals surface area contributed by atoms with Gasteiger partial charge in [-0.05, 0) is 36.5 Å². The Hall–Kier alpha value is -0.0400. The van der Waals surface area contributed by atoms with Crippen LogP contribution in [0.15, 0.2) is 0 Å². The normalized spacial score (nSPS) is 39.0. The Balaban J connectivity index is 2.60. The Morgan fingerprint density at radius 2 is 1.92 bits per heavy atom. The van der Waals surface area contributed by atoms with E-state index in [1.165, 1.54) is 19.3 Å². The van der Waals surface area contributed by atoms with Gasteiger partial charge in [-0.3, -0.25) is 0 Å². The van der Waals surface area contributed by atoms with Crippen molar-refractivity contribution in [1.82, 2.24) is 0 Å². The van der Waals surface area contributed by atoms with Gasteiger partial charge in [-0.2, -0.15) is 0 Å². The molecule has 0 amide bonds. The third-order valence-corrected chi connectivity index (χ3v) is 3.91. The maximum atomic E-state index is 5.95. The van der Waals surface area contributed by atoms with E-state index >= 15 is 0 Å². The zero-order chi connectivity index (χ0) is 9.35. The van der Waals surface area contributed by atoms with E-state index < -0.39 is 0 Å². The summed E-state index contributed by atoms with van der Waals surface area (Å²) < 4.78 is 0. The smallest absolute Gasteiger partial charge is 0.00443 e. The Morgan fingerprint density at radius 1 is 1.33 bits per heavy atom. The Labute approximate surface area is 76.7 Å². The minimum Gasteiger partial charge on any atom is -0.328 e. The molecule has 1 fully saturated rings. The molecule has 0 saturated heterocycles. The van der Waals surface area contributed by atoms with Crippen LogP contribution in [0.5, 0.6) is 0 Å². The summed E-state index contributed by atoms with van der Waals surface area (Å²) in [5, 5.41) is 0. The molecule has 1 aliphatic carbocycles. The third kappa shape index (κ3) is 1.82. The predicted octanol–water partition coefficient (Wildman–Crippen LogP) is 2.80. The second kappa shape index (κ2) is 3.37. The van der Waals surface area contributed by atoms with Crippen LogP contribution in [0.25, 0.3) is 0 Å². The summed E-state index contributed by atoms with van der Waals surface area (Å²) in [6.07, 6.45) is 3.79. The Morgan fingerprint density at radius 3 is 2.25 bits per heavy atom. The van der Waals surface area contributed by atoms with Gasteiger partial charge in [0.2, 0.25) is 0 Å². The van der Waals surface area contributed by atoms with E-state index in [0.29, 0.717) is 11.5 Å². The monoisotopic (exact) mass is 169 g/mol. The van der Waals surface area contributed by atoms with Crippen LogP contribution in [0.1, 0.15) is 47.0 Å². The fourth-order valence-corrected chi connectivity index (χ4v) is 2.54. The minimum atomic E-state index is 0.469. The van der Waals surface area contributed by atoms with Crippen LogP contribution < -0.4 is 5.73 Å². The van der Waals surface area contributed by atoms with Crippen molar-refractivity contribution in [2.75, 3.05) is 0 Å². The van der Waals surface area contributed by atoms with E-state index in [0.717, 1.165) is 11.8 Å². The van der Waals surface area contributed by atoms with Crippen molar-refractivity contribution in [2.45, 2.75) is 53.0 Å². The lowest BCUT2D eigenvalue weighted by Crippen LogP contribution is -2.28. The fourth-order valence-electron chi connectivity index (χ4n) is 2.54. The zero-order valence-electron chi connectivity index (χ0n) is 8.93. The van der Waals surface area contributed by atoms with Crippen LogP contribution in [0.4, 0.5) is 0 Å². The molecular weight excluding hydrogens is 146 g/mol. The van der Waals surface area contributed by atoms with Crippen molar-refractivity contribution in [1.29, 1.82) is 0 Å². The molecular formula is C11H23N. The largest absolute Gasteiger partial charge is 0.328 e. The van der Waals surface area contributed by atoms with Crippen molar-refractivity contribution < 1.29 is 0 Å². The second-order valence-corrected chi connectivity index (χ2v) is 5.19. The lowest BCUT2D eigenvalue weighted by Gasteiger charge is -2.34. The van der Waals surface area contributed by atoms with E-state index in [2.05, 4.69) is 27.7 Å². The van der Waals surface area contributed by atoms with Gasteiger partial charge in [-0.15, -0.1) is 0 Å². The second-order valence-electron chi connectivity index (χ2n) is 5.19. The molecule has 12 heavy (non-hydrogen) atoms. The van der Waals surface area contributed by atoms with Crippen LogP contribution >= 0.6 is 0 Å². The first-order chi connectivity index (χ1) is 5.46. The van der Waals surface area contributed by atoms with E-state index in [9.17, 15) is 0 Å². The van der Waals surface area contributed by atoms with Crippen LogP contribution in [0, 0.1) is 17.3 Å². The molecule has 3 unspecified atom stereocenters. The lowest BCUT2D eigenvalue weighted by atomic mass is 9.71. The molecule has 3 atom stereocenters. The number of hydrogen-bond acceptors (Lipinski definition) is 1. The lowest BCUT2D eigenvalue weighted by molar-refractivity contribution is 0.157. The summed E-state index contributed by atoms with van der Waals surface area (Å²) in [6, 6.07) is 0.469. The third-order valence-electron chi connectivity index (χ3n) is 3.91. The maximum absolute atomic E-state index is 5.95. The highest BCUT2D eigenvalue weighted by Crippen LogP contribution is 2.45. The van der Waals surface area contributed by atoms with E-state index in [4.69, 9.17) is 5.73 Å². The van der Waals surface area contributed by atoms with Gasteiger partial charge in [0.15, 0.2) is 0 Å². The number of hydrogen-bond donors (Lipinski definition) is 1. The molecule has 0 aromatic heterocycles. The molecule has 1 saturated carbocycles. The predicted molar refractivity (Wildman–Crippen MR) is 53.9 cm³/mol. The molecule has 0 bridgehead atoms.